The van der Waals surface area contributed by atoms with Gasteiger partial charge in [-0.15, -0.1) is 0 Å². The van der Waals surface area contributed by atoms with Crippen molar-refractivity contribution in [3.63, 3.8) is 0 Å². The van der Waals surface area contributed by atoms with E-state index in [0.717, 1.165) is 18.0 Å². The summed E-state index contributed by atoms with van der Waals surface area (Å²) in [4.78, 5) is 15.2. The van der Waals surface area contributed by atoms with E-state index < -0.39 is 5.97 Å². The Hall–Kier alpha value is -1.84. The molecule has 1 N–H and O–H groups in total. The third-order valence-electron chi connectivity index (χ3n) is 3.03. The molecule has 1 saturated carbocycles. The maximum Gasteiger partial charge on any atom is 0.337 e. The zero-order valence-corrected chi connectivity index (χ0v) is 8.76. The zero-order valence-electron chi connectivity index (χ0n) is 8.76. The molecule has 0 spiro atoms. The van der Waals surface area contributed by atoms with E-state index in [-0.39, 0.29) is 5.56 Å². The Balaban J connectivity index is 2.11. The fourth-order valence-corrected chi connectivity index (χ4v) is 1.99. The van der Waals surface area contributed by atoms with Crippen LogP contribution in [0.25, 0.3) is 11.0 Å². The quantitative estimate of drug-likeness (QED) is 0.855. The van der Waals surface area contributed by atoms with Crippen LogP contribution in [0, 0.1) is 5.92 Å². The summed E-state index contributed by atoms with van der Waals surface area (Å²) < 4.78 is 2.06. The van der Waals surface area contributed by atoms with Crippen molar-refractivity contribution in [2.45, 2.75) is 19.4 Å². The predicted molar refractivity (Wildman–Crippen MR) is 59.4 cm³/mol. The highest BCUT2D eigenvalue weighted by Crippen LogP contribution is 2.31. The molecule has 0 radical (unpaired) electrons. The van der Waals surface area contributed by atoms with E-state index in [9.17, 15) is 4.79 Å². The summed E-state index contributed by atoms with van der Waals surface area (Å²) in [6, 6.07) is 5.30. The summed E-state index contributed by atoms with van der Waals surface area (Å²) in [6.45, 7) is 0.958. The first-order valence-corrected chi connectivity index (χ1v) is 5.43. The second-order valence-corrected chi connectivity index (χ2v) is 4.32. The molecular formula is C12H12N2O2. The summed E-state index contributed by atoms with van der Waals surface area (Å²) in [6.07, 6.45) is 4.30. The zero-order chi connectivity index (χ0) is 11.1. The molecule has 0 aliphatic heterocycles. The summed E-state index contributed by atoms with van der Waals surface area (Å²) >= 11 is 0. The molecule has 4 nitrogen and oxygen atoms in total. The van der Waals surface area contributed by atoms with Crippen molar-refractivity contribution in [1.29, 1.82) is 0 Å². The first kappa shape index (κ1) is 9.39. The lowest BCUT2D eigenvalue weighted by molar-refractivity contribution is 0.0699. The Morgan fingerprint density at radius 1 is 1.50 bits per heavy atom. The smallest absolute Gasteiger partial charge is 0.337 e. The third kappa shape index (κ3) is 1.46. The van der Waals surface area contributed by atoms with Crippen molar-refractivity contribution in [2.75, 3.05) is 0 Å². The molecule has 1 heterocycles. The van der Waals surface area contributed by atoms with Gasteiger partial charge in [0.25, 0.3) is 0 Å². The lowest BCUT2D eigenvalue weighted by atomic mass is 10.2. The van der Waals surface area contributed by atoms with E-state index in [1.54, 1.807) is 18.5 Å². The van der Waals surface area contributed by atoms with E-state index >= 15 is 0 Å². The van der Waals surface area contributed by atoms with Gasteiger partial charge in [0, 0.05) is 6.54 Å². The van der Waals surface area contributed by atoms with Crippen molar-refractivity contribution in [1.82, 2.24) is 9.55 Å². The van der Waals surface area contributed by atoms with Crippen LogP contribution in [0.5, 0.6) is 0 Å². The minimum absolute atomic E-state index is 0.284. The molecule has 82 valence electrons. The standard InChI is InChI=1S/C12H12N2O2/c15-12(16)9-2-1-3-10-11(9)13-7-14(10)6-8-4-5-8/h1-3,7-8H,4-6H2,(H,15,16). The van der Waals surface area contributed by atoms with Crippen molar-refractivity contribution in [3.05, 3.63) is 30.1 Å². The fraction of sp³-hybridized carbons (Fsp3) is 0.333. The Kier molecular flexibility index (Phi) is 1.96. The van der Waals surface area contributed by atoms with Crippen LogP contribution < -0.4 is 0 Å². The lowest BCUT2D eigenvalue weighted by Crippen LogP contribution is -1.99. The monoisotopic (exact) mass is 216 g/mol. The molecule has 4 heteroatoms. The third-order valence-corrected chi connectivity index (χ3v) is 3.03. The number of para-hydroxylation sites is 1. The summed E-state index contributed by atoms with van der Waals surface area (Å²) in [5, 5.41) is 9.04. The van der Waals surface area contributed by atoms with Crippen molar-refractivity contribution in [3.8, 4) is 0 Å². The maximum absolute atomic E-state index is 11.0. The molecule has 1 aliphatic carbocycles. The Morgan fingerprint density at radius 2 is 2.31 bits per heavy atom. The molecule has 2 aromatic rings. The van der Waals surface area contributed by atoms with Crippen LogP contribution >= 0.6 is 0 Å². The van der Waals surface area contributed by atoms with E-state index in [2.05, 4.69) is 9.55 Å². The highest BCUT2D eigenvalue weighted by molar-refractivity contribution is 6.00. The summed E-state index contributed by atoms with van der Waals surface area (Å²) in [5.74, 6) is -0.159. The van der Waals surface area contributed by atoms with Crippen LogP contribution in [0.2, 0.25) is 0 Å². The Bertz CT molecular complexity index is 555. The summed E-state index contributed by atoms with van der Waals surface area (Å²) in [5.41, 5.74) is 1.80. The number of aromatic nitrogens is 2. The van der Waals surface area contributed by atoms with Gasteiger partial charge >= 0.3 is 5.97 Å². The van der Waals surface area contributed by atoms with E-state index in [1.165, 1.54) is 12.8 Å². The predicted octanol–water partition coefficient (Wildman–Crippen LogP) is 2.14. The number of rotatable bonds is 3. The molecule has 1 fully saturated rings. The number of carboxylic acid groups (broad SMARTS) is 1. The molecule has 16 heavy (non-hydrogen) atoms. The molecular weight excluding hydrogens is 204 g/mol. The summed E-state index contributed by atoms with van der Waals surface area (Å²) in [7, 11) is 0. The first-order valence-electron chi connectivity index (χ1n) is 5.43. The normalized spacial score (nSPS) is 15.5. The maximum atomic E-state index is 11.0. The van der Waals surface area contributed by atoms with Crippen LogP contribution in [-0.2, 0) is 6.54 Å². The van der Waals surface area contributed by atoms with Gasteiger partial charge in [0.2, 0.25) is 0 Å². The average molecular weight is 216 g/mol. The number of nitrogens with zero attached hydrogens (tertiary/aromatic N) is 2. The van der Waals surface area contributed by atoms with E-state index in [0.29, 0.717) is 5.52 Å². The number of hydrogen-bond acceptors (Lipinski definition) is 2. The first-order chi connectivity index (χ1) is 7.75. The minimum atomic E-state index is -0.915. The second-order valence-electron chi connectivity index (χ2n) is 4.32. The number of imidazole rings is 1. The topological polar surface area (TPSA) is 55.1 Å². The van der Waals surface area contributed by atoms with Gasteiger partial charge < -0.3 is 9.67 Å². The number of hydrogen-bond donors (Lipinski definition) is 1. The van der Waals surface area contributed by atoms with Gasteiger partial charge in [0.05, 0.1) is 17.4 Å². The number of carboxylic acids is 1. The van der Waals surface area contributed by atoms with Crippen LogP contribution in [0.15, 0.2) is 24.5 Å². The average Bonchev–Trinajstić information content (AvgIpc) is 2.98. The minimum Gasteiger partial charge on any atom is -0.478 e. The molecule has 1 aromatic heterocycles. The van der Waals surface area contributed by atoms with Gasteiger partial charge in [0.15, 0.2) is 0 Å². The van der Waals surface area contributed by atoms with Gasteiger partial charge in [0.1, 0.15) is 5.52 Å². The van der Waals surface area contributed by atoms with Crippen molar-refractivity contribution < 1.29 is 9.90 Å². The molecule has 0 amide bonds. The molecule has 0 saturated heterocycles. The highest BCUT2D eigenvalue weighted by atomic mass is 16.4. The Labute approximate surface area is 92.5 Å². The van der Waals surface area contributed by atoms with Gasteiger partial charge in [-0.1, -0.05) is 6.07 Å². The Morgan fingerprint density at radius 3 is 3.00 bits per heavy atom. The highest BCUT2D eigenvalue weighted by Gasteiger charge is 2.23. The molecule has 1 aliphatic rings. The lowest BCUT2D eigenvalue weighted by Gasteiger charge is -2.02. The molecule has 1 aromatic carbocycles. The SMILES string of the molecule is O=C(O)c1cccc2c1ncn2CC1CC1. The van der Waals surface area contributed by atoms with Gasteiger partial charge in [-0.25, -0.2) is 9.78 Å². The van der Waals surface area contributed by atoms with Gasteiger partial charge in [-0.2, -0.15) is 0 Å². The molecule has 0 unspecified atom stereocenters. The number of benzene rings is 1. The number of carbonyl (C=O) groups is 1. The van der Waals surface area contributed by atoms with Crippen molar-refractivity contribution in [2.24, 2.45) is 5.92 Å². The van der Waals surface area contributed by atoms with E-state index in [4.69, 9.17) is 5.11 Å². The molecule has 3 rings (SSSR count). The van der Waals surface area contributed by atoms with Gasteiger partial charge in [-0.05, 0) is 30.9 Å². The number of aromatic carboxylic acids is 1. The van der Waals surface area contributed by atoms with Crippen LogP contribution in [0.3, 0.4) is 0 Å². The van der Waals surface area contributed by atoms with Crippen molar-refractivity contribution >= 4 is 17.0 Å². The van der Waals surface area contributed by atoms with Gasteiger partial charge in [-0.3, -0.25) is 0 Å². The van der Waals surface area contributed by atoms with E-state index in [1.807, 2.05) is 6.07 Å². The molecule has 0 bridgehead atoms. The molecule has 0 atom stereocenters. The van der Waals surface area contributed by atoms with Crippen LogP contribution in [0.4, 0.5) is 0 Å². The fourth-order valence-electron chi connectivity index (χ4n) is 1.99. The van der Waals surface area contributed by atoms with Crippen LogP contribution in [-0.4, -0.2) is 20.6 Å². The number of fused-ring (bicyclic) bond motifs is 1. The second kappa shape index (κ2) is 3.33. The van der Waals surface area contributed by atoms with Crippen LogP contribution in [0.1, 0.15) is 23.2 Å². The largest absolute Gasteiger partial charge is 0.478 e.